The molecule has 1 aliphatic heterocycles. The molecule has 1 heterocycles. The standard InChI is InChI=1S/C25H26F4N2O4S/c1-14-10-21(31(13-14)24(33)16-4-3-5-18(11-16)36(2,34)35)23(32)30-22(15-6-7-15)19-9-8-17(12-20(19)26)25(27,28)29/h3-5,8-9,11-12,14-15,21-22H,6-7,10,13H2,1-2H3,(H,30,32)/t14-,21-,22?/m1/s1. The van der Waals surface area contributed by atoms with Crippen molar-refractivity contribution in [2.75, 3.05) is 12.8 Å². The van der Waals surface area contributed by atoms with E-state index >= 15 is 0 Å². The smallest absolute Gasteiger partial charge is 0.347 e. The number of carbonyl (C=O) groups is 2. The summed E-state index contributed by atoms with van der Waals surface area (Å²) in [5, 5.41) is 2.78. The van der Waals surface area contributed by atoms with Crippen LogP contribution in [0.25, 0.3) is 0 Å². The molecule has 0 radical (unpaired) electrons. The van der Waals surface area contributed by atoms with Gasteiger partial charge in [-0.2, -0.15) is 13.2 Å². The first-order valence-electron chi connectivity index (χ1n) is 11.5. The number of nitrogens with one attached hydrogen (secondary N) is 1. The third kappa shape index (κ3) is 5.55. The zero-order chi connectivity index (χ0) is 26.4. The maximum Gasteiger partial charge on any atom is 0.416 e. The van der Waals surface area contributed by atoms with Gasteiger partial charge in [-0.1, -0.05) is 19.1 Å². The van der Waals surface area contributed by atoms with Gasteiger partial charge in [0.25, 0.3) is 5.91 Å². The lowest BCUT2D eigenvalue weighted by atomic mass is 9.98. The predicted octanol–water partition coefficient (Wildman–Crippen LogP) is 4.37. The van der Waals surface area contributed by atoms with E-state index in [-0.39, 0.29) is 34.4 Å². The first-order chi connectivity index (χ1) is 16.8. The van der Waals surface area contributed by atoms with Crippen LogP contribution < -0.4 is 5.32 Å². The van der Waals surface area contributed by atoms with Gasteiger partial charge in [0.1, 0.15) is 11.9 Å². The Kier molecular flexibility index (Phi) is 6.89. The Balaban J connectivity index is 1.57. The zero-order valence-corrected chi connectivity index (χ0v) is 20.5. The van der Waals surface area contributed by atoms with Crippen LogP contribution >= 0.6 is 0 Å². The molecule has 4 rings (SSSR count). The first-order valence-corrected chi connectivity index (χ1v) is 13.4. The second-order valence-electron chi connectivity index (χ2n) is 9.67. The Morgan fingerprint density at radius 3 is 2.39 bits per heavy atom. The topological polar surface area (TPSA) is 83.6 Å². The monoisotopic (exact) mass is 526 g/mol. The van der Waals surface area contributed by atoms with Crippen LogP contribution in [0.2, 0.25) is 0 Å². The molecule has 36 heavy (non-hydrogen) atoms. The molecule has 2 aromatic rings. The molecule has 2 aliphatic rings. The molecule has 2 aromatic carbocycles. The third-order valence-corrected chi connectivity index (χ3v) is 7.75. The Bertz CT molecular complexity index is 1290. The van der Waals surface area contributed by atoms with Crippen molar-refractivity contribution >= 4 is 21.7 Å². The second-order valence-corrected chi connectivity index (χ2v) is 11.7. The highest BCUT2D eigenvalue weighted by atomic mass is 32.2. The van der Waals surface area contributed by atoms with Crippen molar-refractivity contribution in [3.63, 3.8) is 0 Å². The molecule has 1 N–H and O–H groups in total. The number of nitrogens with zero attached hydrogens (tertiary/aromatic N) is 1. The number of sulfone groups is 1. The summed E-state index contributed by atoms with van der Waals surface area (Å²) in [6.45, 7) is 2.14. The maximum atomic E-state index is 14.7. The molecule has 11 heteroatoms. The van der Waals surface area contributed by atoms with Crippen LogP contribution in [-0.2, 0) is 20.8 Å². The number of rotatable bonds is 6. The predicted molar refractivity (Wildman–Crippen MR) is 123 cm³/mol. The van der Waals surface area contributed by atoms with Crippen LogP contribution in [0, 0.1) is 17.7 Å². The van der Waals surface area contributed by atoms with Crippen LogP contribution in [0.5, 0.6) is 0 Å². The summed E-state index contributed by atoms with van der Waals surface area (Å²) >= 11 is 0. The van der Waals surface area contributed by atoms with Crippen molar-refractivity contribution in [3.05, 3.63) is 65.0 Å². The van der Waals surface area contributed by atoms with E-state index in [1.807, 2.05) is 6.92 Å². The average molecular weight is 527 g/mol. The molecule has 0 spiro atoms. The van der Waals surface area contributed by atoms with E-state index in [4.69, 9.17) is 0 Å². The molecule has 3 atom stereocenters. The van der Waals surface area contributed by atoms with Crippen LogP contribution in [0.3, 0.4) is 0 Å². The second kappa shape index (κ2) is 9.49. The fourth-order valence-electron chi connectivity index (χ4n) is 4.63. The lowest BCUT2D eigenvalue weighted by Crippen LogP contribution is -2.47. The van der Waals surface area contributed by atoms with Gasteiger partial charge >= 0.3 is 6.18 Å². The van der Waals surface area contributed by atoms with Gasteiger partial charge in [0.15, 0.2) is 9.84 Å². The van der Waals surface area contributed by atoms with Gasteiger partial charge in [0.2, 0.25) is 5.91 Å². The van der Waals surface area contributed by atoms with Gasteiger partial charge in [-0.15, -0.1) is 0 Å². The molecule has 194 valence electrons. The summed E-state index contributed by atoms with van der Waals surface area (Å²) in [6.07, 6.45) is -1.94. The third-order valence-electron chi connectivity index (χ3n) is 6.64. The van der Waals surface area contributed by atoms with Crippen molar-refractivity contribution in [1.29, 1.82) is 0 Å². The summed E-state index contributed by atoms with van der Waals surface area (Å²) in [5.74, 6) is -2.22. The van der Waals surface area contributed by atoms with Gasteiger partial charge in [-0.3, -0.25) is 9.59 Å². The molecule has 1 aliphatic carbocycles. The number of hydrogen-bond acceptors (Lipinski definition) is 4. The molecule has 1 unspecified atom stereocenters. The lowest BCUT2D eigenvalue weighted by molar-refractivity contribution is -0.137. The van der Waals surface area contributed by atoms with E-state index in [0.29, 0.717) is 25.3 Å². The Hall–Kier alpha value is -2.95. The highest BCUT2D eigenvalue weighted by Gasteiger charge is 2.42. The number of benzene rings is 2. The van der Waals surface area contributed by atoms with Crippen LogP contribution in [0.4, 0.5) is 17.6 Å². The Morgan fingerprint density at radius 2 is 1.81 bits per heavy atom. The fraction of sp³-hybridized carbons (Fsp3) is 0.440. The highest BCUT2D eigenvalue weighted by Crippen LogP contribution is 2.43. The lowest BCUT2D eigenvalue weighted by Gasteiger charge is -2.27. The number of likely N-dealkylation sites (tertiary alicyclic amines) is 1. The summed E-state index contributed by atoms with van der Waals surface area (Å²) in [4.78, 5) is 27.9. The van der Waals surface area contributed by atoms with Crippen molar-refractivity contribution in [3.8, 4) is 0 Å². The number of amides is 2. The van der Waals surface area contributed by atoms with E-state index in [1.165, 1.54) is 29.2 Å². The first kappa shape index (κ1) is 26.1. The van der Waals surface area contributed by atoms with Crippen molar-refractivity contribution < 1.29 is 35.6 Å². The Labute approximate surface area is 206 Å². The average Bonchev–Trinajstić information content (AvgIpc) is 3.56. The van der Waals surface area contributed by atoms with E-state index in [2.05, 4.69) is 5.32 Å². The van der Waals surface area contributed by atoms with Gasteiger partial charge in [-0.25, -0.2) is 12.8 Å². The van der Waals surface area contributed by atoms with Crippen molar-refractivity contribution in [2.24, 2.45) is 11.8 Å². The van der Waals surface area contributed by atoms with Gasteiger partial charge in [-0.05, 0) is 61.4 Å². The van der Waals surface area contributed by atoms with Crippen LogP contribution in [0.15, 0.2) is 47.4 Å². The van der Waals surface area contributed by atoms with Crippen LogP contribution in [-0.4, -0.2) is 44.0 Å². The van der Waals surface area contributed by atoms with Gasteiger partial charge in [0.05, 0.1) is 16.5 Å². The fourth-order valence-corrected chi connectivity index (χ4v) is 5.30. The molecule has 0 bridgehead atoms. The molecular weight excluding hydrogens is 500 g/mol. The molecule has 2 fully saturated rings. The molecule has 1 saturated carbocycles. The quantitative estimate of drug-likeness (QED) is 0.567. The molecule has 6 nitrogen and oxygen atoms in total. The molecule has 0 aromatic heterocycles. The molecule has 1 saturated heterocycles. The minimum Gasteiger partial charge on any atom is -0.347 e. The summed E-state index contributed by atoms with van der Waals surface area (Å²) in [7, 11) is -3.54. The largest absolute Gasteiger partial charge is 0.416 e. The van der Waals surface area contributed by atoms with E-state index < -0.39 is 51.3 Å². The van der Waals surface area contributed by atoms with E-state index in [9.17, 15) is 35.6 Å². The normalized spacial score (nSPS) is 21.3. The highest BCUT2D eigenvalue weighted by molar-refractivity contribution is 7.90. The maximum absolute atomic E-state index is 14.7. The molecular formula is C25H26F4N2O4S. The SMILES string of the molecule is C[C@@H]1C[C@H](C(=O)NC(c2ccc(C(F)(F)F)cc2F)C2CC2)N(C(=O)c2cccc(S(C)(=O)=O)c2)C1. The van der Waals surface area contributed by atoms with E-state index in [1.54, 1.807) is 0 Å². The number of carbonyl (C=O) groups excluding carboxylic acids is 2. The number of alkyl halides is 3. The number of halogens is 4. The molecule has 2 amide bonds. The van der Waals surface area contributed by atoms with Crippen molar-refractivity contribution in [2.45, 2.75) is 49.3 Å². The summed E-state index contributed by atoms with van der Waals surface area (Å²) < 4.78 is 77.4. The minimum absolute atomic E-state index is 0.0202. The van der Waals surface area contributed by atoms with Gasteiger partial charge in [0, 0.05) is 23.9 Å². The van der Waals surface area contributed by atoms with Gasteiger partial charge < -0.3 is 10.2 Å². The Morgan fingerprint density at radius 1 is 1.11 bits per heavy atom. The number of hydrogen-bond donors (Lipinski definition) is 1. The summed E-state index contributed by atoms with van der Waals surface area (Å²) in [5.41, 5.74) is -1.01. The zero-order valence-electron chi connectivity index (χ0n) is 19.7. The minimum atomic E-state index is -4.69. The van der Waals surface area contributed by atoms with E-state index in [0.717, 1.165) is 18.4 Å². The summed E-state index contributed by atoms with van der Waals surface area (Å²) in [6, 6.07) is 6.14. The van der Waals surface area contributed by atoms with Crippen molar-refractivity contribution in [1.82, 2.24) is 10.2 Å². The van der Waals surface area contributed by atoms with Crippen LogP contribution in [0.1, 0.15) is 53.7 Å².